The van der Waals surface area contributed by atoms with Gasteiger partial charge in [-0.1, -0.05) is 12.1 Å². The summed E-state index contributed by atoms with van der Waals surface area (Å²) in [6.07, 6.45) is -4.54. The Kier molecular flexibility index (Phi) is 6.42. The number of non-ortho nitro benzene ring substituents is 1. The fourth-order valence-electron chi connectivity index (χ4n) is 1.89. The highest BCUT2D eigenvalue weighted by molar-refractivity contribution is 5.96. The number of aromatic carboxylic acids is 2. The van der Waals surface area contributed by atoms with E-state index >= 15 is 0 Å². The molecule has 0 unspecified atom stereocenters. The molecule has 0 aliphatic heterocycles. The molecule has 7 nitrogen and oxygen atoms in total. The molecule has 0 aromatic heterocycles. The Labute approximate surface area is 144 Å². The number of hydrogen-bond donors (Lipinski definition) is 2. The number of alkyl halides is 3. The molecule has 0 fully saturated rings. The molecule has 2 rings (SSSR count). The number of carbonyl (C=O) groups is 2. The Morgan fingerprint density at radius 2 is 1.46 bits per heavy atom. The highest BCUT2D eigenvalue weighted by atomic mass is 19.4. The second-order valence-corrected chi connectivity index (χ2v) is 4.89. The van der Waals surface area contributed by atoms with Crippen LogP contribution < -0.4 is 0 Å². The van der Waals surface area contributed by atoms with Crippen LogP contribution in [-0.2, 0) is 6.18 Å². The molecule has 138 valence electrons. The van der Waals surface area contributed by atoms with Gasteiger partial charge < -0.3 is 10.2 Å². The fraction of sp³-hybridized carbons (Fsp3) is 0.125. The molecular formula is C16H12F3NO6. The lowest BCUT2D eigenvalue weighted by atomic mass is 10.0. The molecule has 0 aliphatic carbocycles. The maximum Gasteiger partial charge on any atom is 0.416 e. The number of nitrogens with zero attached hydrogens (tertiary/aromatic N) is 1. The van der Waals surface area contributed by atoms with Crippen LogP contribution in [0.4, 0.5) is 18.9 Å². The summed E-state index contributed by atoms with van der Waals surface area (Å²) in [5.41, 5.74) is -1.24. The van der Waals surface area contributed by atoms with Gasteiger partial charge in [-0.3, -0.25) is 10.1 Å². The Balaban J connectivity index is 0.000000260. The molecule has 10 heteroatoms. The van der Waals surface area contributed by atoms with Crippen molar-refractivity contribution in [3.8, 4) is 0 Å². The number of carboxylic acids is 2. The zero-order valence-electron chi connectivity index (χ0n) is 13.1. The summed E-state index contributed by atoms with van der Waals surface area (Å²) in [5, 5.41) is 27.5. The lowest BCUT2D eigenvalue weighted by Crippen LogP contribution is -2.06. The molecule has 0 radical (unpaired) electrons. The highest BCUT2D eigenvalue weighted by Gasteiger charge is 2.31. The Morgan fingerprint density at radius 1 is 1.00 bits per heavy atom. The summed E-state index contributed by atoms with van der Waals surface area (Å²) < 4.78 is 36.0. The summed E-state index contributed by atoms with van der Waals surface area (Å²) in [6.45, 7) is 1.48. The van der Waals surface area contributed by atoms with Crippen LogP contribution in [0.1, 0.15) is 31.8 Å². The van der Waals surface area contributed by atoms with Crippen molar-refractivity contribution in [3.63, 3.8) is 0 Å². The minimum Gasteiger partial charge on any atom is -0.478 e. The zero-order chi connectivity index (χ0) is 20.1. The number of halogens is 3. The SMILES string of the molecule is Cc1c(C(=O)O)cccc1C(=O)O.O=[N+]([O-])c1cccc(C(F)(F)F)c1. The number of benzene rings is 2. The van der Waals surface area contributed by atoms with Crippen LogP contribution in [0.2, 0.25) is 0 Å². The molecule has 0 atom stereocenters. The average Bonchev–Trinajstić information content (AvgIpc) is 2.54. The van der Waals surface area contributed by atoms with Crippen LogP contribution >= 0.6 is 0 Å². The predicted octanol–water partition coefficient (Wildman–Crippen LogP) is 4.01. The van der Waals surface area contributed by atoms with Gasteiger partial charge in [0.1, 0.15) is 0 Å². The van der Waals surface area contributed by atoms with Gasteiger partial charge in [0.05, 0.1) is 21.6 Å². The molecule has 0 spiro atoms. The Bertz CT molecular complexity index is 816. The molecule has 0 bridgehead atoms. The molecule has 0 amide bonds. The summed E-state index contributed by atoms with van der Waals surface area (Å²) in [4.78, 5) is 30.5. The average molecular weight is 371 g/mol. The monoisotopic (exact) mass is 371 g/mol. The van der Waals surface area contributed by atoms with Crippen molar-refractivity contribution < 1.29 is 37.9 Å². The van der Waals surface area contributed by atoms with Crippen molar-refractivity contribution in [2.24, 2.45) is 0 Å². The highest BCUT2D eigenvalue weighted by Crippen LogP contribution is 2.30. The van der Waals surface area contributed by atoms with E-state index in [9.17, 15) is 32.9 Å². The summed E-state index contributed by atoms with van der Waals surface area (Å²) in [7, 11) is 0. The largest absolute Gasteiger partial charge is 0.478 e. The van der Waals surface area contributed by atoms with E-state index in [-0.39, 0.29) is 16.7 Å². The van der Waals surface area contributed by atoms with Gasteiger partial charge in [-0.15, -0.1) is 0 Å². The van der Waals surface area contributed by atoms with E-state index in [1.165, 1.54) is 25.1 Å². The number of nitro groups is 1. The summed E-state index contributed by atoms with van der Waals surface area (Å²) in [6, 6.07) is 7.47. The number of hydrogen-bond acceptors (Lipinski definition) is 4. The van der Waals surface area contributed by atoms with Crippen LogP contribution in [0.5, 0.6) is 0 Å². The molecule has 2 N–H and O–H groups in total. The van der Waals surface area contributed by atoms with Crippen LogP contribution in [-0.4, -0.2) is 27.1 Å². The van der Waals surface area contributed by atoms with E-state index < -0.39 is 34.3 Å². The normalized spacial score (nSPS) is 10.5. The van der Waals surface area contributed by atoms with Gasteiger partial charge in [0, 0.05) is 12.1 Å². The van der Waals surface area contributed by atoms with Crippen LogP contribution in [0.25, 0.3) is 0 Å². The van der Waals surface area contributed by atoms with Crippen molar-refractivity contribution in [2.75, 3.05) is 0 Å². The quantitative estimate of drug-likeness (QED) is 0.622. The van der Waals surface area contributed by atoms with E-state index in [1.54, 1.807) is 0 Å². The van der Waals surface area contributed by atoms with Gasteiger partial charge in [0.2, 0.25) is 0 Å². The molecule has 2 aromatic carbocycles. The van der Waals surface area contributed by atoms with Crippen molar-refractivity contribution in [3.05, 3.63) is 74.8 Å². The third kappa shape index (κ3) is 5.30. The van der Waals surface area contributed by atoms with Crippen LogP contribution in [0, 0.1) is 17.0 Å². The zero-order valence-corrected chi connectivity index (χ0v) is 13.1. The molecule has 0 saturated heterocycles. The van der Waals surface area contributed by atoms with Crippen molar-refractivity contribution >= 4 is 17.6 Å². The minimum atomic E-state index is -4.54. The third-order valence-corrected chi connectivity index (χ3v) is 3.18. The minimum absolute atomic E-state index is 0.0277. The molecule has 0 saturated carbocycles. The molecule has 0 heterocycles. The van der Waals surface area contributed by atoms with Gasteiger partial charge in [0.25, 0.3) is 5.69 Å². The first kappa shape index (κ1) is 20.6. The van der Waals surface area contributed by atoms with E-state index in [2.05, 4.69) is 0 Å². The summed E-state index contributed by atoms with van der Waals surface area (Å²) in [5.74, 6) is -2.22. The molecular weight excluding hydrogens is 359 g/mol. The molecule has 0 aliphatic rings. The summed E-state index contributed by atoms with van der Waals surface area (Å²) >= 11 is 0. The maximum absolute atomic E-state index is 12.0. The van der Waals surface area contributed by atoms with Crippen molar-refractivity contribution in [1.82, 2.24) is 0 Å². The molecule has 2 aromatic rings. The lowest BCUT2D eigenvalue weighted by Gasteiger charge is -2.04. The van der Waals surface area contributed by atoms with Crippen molar-refractivity contribution in [1.29, 1.82) is 0 Å². The Morgan fingerprint density at radius 3 is 1.85 bits per heavy atom. The van der Waals surface area contributed by atoms with Gasteiger partial charge in [-0.05, 0) is 30.7 Å². The topological polar surface area (TPSA) is 118 Å². The molecule has 26 heavy (non-hydrogen) atoms. The van der Waals surface area contributed by atoms with Gasteiger partial charge in [-0.25, -0.2) is 9.59 Å². The first-order valence-corrected chi connectivity index (χ1v) is 6.83. The maximum atomic E-state index is 12.0. The van der Waals surface area contributed by atoms with Crippen LogP contribution in [0.3, 0.4) is 0 Å². The third-order valence-electron chi connectivity index (χ3n) is 3.18. The number of nitro benzene ring substituents is 1. The standard InChI is InChI=1S/C9H8O4.C7H4F3NO2/c1-5-6(8(10)11)3-2-4-7(5)9(12)13;8-7(9,10)5-2-1-3-6(4-5)11(12)13/h2-4H,1H3,(H,10,11)(H,12,13);1-4H. The van der Waals surface area contributed by atoms with Gasteiger partial charge in [-0.2, -0.15) is 13.2 Å². The second-order valence-electron chi connectivity index (χ2n) is 4.89. The Hall–Kier alpha value is -3.43. The number of rotatable bonds is 3. The smallest absolute Gasteiger partial charge is 0.416 e. The fourth-order valence-corrected chi connectivity index (χ4v) is 1.89. The first-order valence-electron chi connectivity index (χ1n) is 6.83. The first-order chi connectivity index (χ1) is 11.9. The van der Waals surface area contributed by atoms with E-state index in [0.29, 0.717) is 6.07 Å². The van der Waals surface area contributed by atoms with E-state index in [4.69, 9.17) is 10.2 Å². The predicted molar refractivity (Wildman–Crippen MR) is 83.2 cm³/mol. The van der Waals surface area contributed by atoms with Crippen molar-refractivity contribution in [2.45, 2.75) is 13.1 Å². The lowest BCUT2D eigenvalue weighted by molar-refractivity contribution is -0.385. The number of carboxylic acid groups (broad SMARTS) is 2. The van der Waals surface area contributed by atoms with E-state index in [0.717, 1.165) is 18.2 Å². The van der Waals surface area contributed by atoms with Crippen LogP contribution in [0.15, 0.2) is 42.5 Å². The van der Waals surface area contributed by atoms with Gasteiger partial charge in [0.15, 0.2) is 0 Å². The second kappa shape index (κ2) is 8.10. The van der Waals surface area contributed by atoms with E-state index in [1.807, 2.05) is 0 Å². The van der Waals surface area contributed by atoms with Gasteiger partial charge >= 0.3 is 18.1 Å².